The summed E-state index contributed by atoms with van der Waals surface area (Å²) in [5, 5.41) is 0. The maximum absolute atomic E-state index is 13.5. The number of hydrogen-bond donors (Lipinski definition) is 2. The first-order chi connectivity index (χ1) is 9.81. The number of nitrogens with one attached hydrogen (secondary N) is 1. The largest absolute Gasteiger partial charge is 0.396 e. The number of halogens is 1. The standard InChI is InChI=1S/C15H23FN2O2S/c1-10-5-3-4-6-12(10)9-18-21(19,20)13-7-11(2)15(16)14(17)8-13/h7-8,10,12,18H,3-6,9,17H2,1-2H3. The molecule has 0 saturated heterocycles. The van der Waals surface area contributed by atoms with Crippen LogP contribution in [0.25, 0.3) is 0 Å². The summed E-state index contributed by atoms with van der Waals surface area (Å²) >= 11 is 0. The van der Waals surface area contributed by atoms with E-state index in [-0.39, 0.29) is 16.1 Å². The summed E-state index contributed by atoms with van der Waals surface area (Å²) in [7, 11) is -3.64. The van der Waals surface area contributed by atoms with Crippen molar-refractivity contribution in [1.82, 2.24) is 4.72 Å². The molecule has 0 aliphatic heterocycles. The molecule has 2 rings (SSSR count). The quantitative estimate of drug-likeness (QED) is 0.839. The molecule has 3 N–H and O–H groups in total. The molecule has 0 heterocycles. The molecule has 4 nitrogen and oxygen atoms in total. The van der Waals surface area contributed by atoms with Gasteiger partial charge in [-0.2, -0.15) is 0 Å². The zero-order chi connectivity index (χ0) is 15.6. The Kier molecular flexibility index (Phi) is 4.88. The number of benzene rings is 1. The predicted octanol–water partition coefficient (Wildman–Crippen LogP) is 2.82. The molecule has 0 bridgehead atoms. The maximum atomic E-state index is 13.5. The molecule has 0 amide bonds. The highest BCUT2D eigenvalue weighted by Crippen LogP contribution is 2.29. The summed E-state index contributed by atoms with van der Waals surface area (Å²) < 4.78 is 40.7. The van der Waals surface area contributed by atoms with Crippen LogP contribution in [0.15, 0.2) is 17.0 Å². The highest BCUT2D eigenvalue weighted by molar-refractivity contribution is 7.89. The lowest BCUT2D eigenvalue weighted by Gasteiger charge is -2.28. The molecule has 2 unspecified atom stereocenters. The number of sulfonamides is 1. The number of anilines is 1. The van der Waals surface area contributed by atoms with E-state index in [0.29, 0.717) is 18.4 Å². The molecule has 1 aromatic carbocycles. The van der Waals surface area contributed by atoms with Gasteiger partial charge in [-0.25, -0.2) is 17.5 Å². The Balaban J connectivity index is 2.11. The van der Waals surface area contributed by atoms with E-state index in [1.165, 1.54) is 25.5 Å². The van der Waals surface area contributed by atoms with Gasteiger partial charge in [0, 0.05) is 6.54 Å². The first kappa shape index (κ1) is 16.2. The highest BCUT2D eigenvalue weighted by Gasteiger charge is 2.24. The summed E-state index contributed by atoms with van der Waals surface area (Å²) in [6.07, 6.45) is 4.57. The minimum Gasteiger partial charge on any atom is -0.396 e. The Morgan fingerprint density at radius 1 is 1.33 bits per heavy atom. The summed E-state index contributed by atoms with van der Waals surface area (Å²) in [4.78, 5) is 0.0300. The van der Waals surface area contributed by atoms with Crippen molar-refractivity contribution in [3.05, 3.63) is 23.5 Å². The van der Waals surface area contributed by atoms with E-state index in [9.17, 15) is 12.8 Å². The van der Waals surface area contributed by atoms with Crippen LogP contribution >= 0.6 is 0 Å². The average Bonchev–Trinajstić information content (AvgIpc) is 2.43. The zero-order valence-corrected chi connectivity index (χ0v) is 13.3. The van der Waals surface area contributed by atoms with E-state index in [1.807, 2.05) is 0 Å². The fourth-order valence-electron chi connectivity index (χ4n) is 2.91. The molecular formula is C15H23FN2O2S. The maximum Gasteiger partial charge on any atom is 0.240 e. The van der Waals surface area contributed by atoms with Gasteiger partial charge in [0.15, 0.2) is 0 Å². The third-order valence-corrected chi connectivity index (χ3v) is 5.79. The van der Waals surface area contributed by atoms with Gasteiger partial charge in [-0.15, -0.1) is 0 Å². The van der Waals surface area contributed by atoms with Crippen molar-refractivity contribution in [3.8, 4) is 0 Å². The second-order valence-corrected chi connectivity index (χ2v) is 7.78. The van der Waals surface area contributed by atoms with Crippen molar-refractivity contribution in [2.45, 2.75) is 44.4 Å². The minimum atomic E-state index is -3.64. The van der Waals surface area contributed by atoms with Crippen molar-refractivity contribution >= 4 is 15.7 Å². The molecule has 0 radical (unpaired) electrons. The Morgan fingerprint density at radius 3 is 2.62 bits per heavy atom. The fraction of sp³-hybridized carbons (Fsp3) is 0.600. The summed E-state index contributed by atoms with van der Waals surface area (Å²) in [5.41, 5.74) is 5.61. The molecule has 118 valence electrons. The lowest BCUT2D eigenvalue weighted by Crippen LogP contribution is -2.33. The van der Waals surface area contributed by atoms with Crippen molar-refractivity contribution in [1.29, 1.82) is 0 Å². The third-order valence-electron chi connectivity index (χ3n) is 4.39. The third kappa shape index (κ3) is 3.74. The molecule has 6 heteroatoms. The van der Waals surface area contributed by atoms with Gasteiger partial charge in [0.1, 0.15) is 5.82 Å². The molecule has 2 atom stereocenters. The van der Waals surface area contributed by atoms with Gasteiger partial charge in [0.2, 0.25) is 10.0 Å². The van der Waals surface area contributed by atoms with Crippen LogP contribution in [0.3, 0.4) is 0 Å². The van der Waals surface area contributed by atoms with E-state index in [2.05, 4.69) is 11.6 Å². The number of nitrogen functional groups attached to an aromatic ring is 1. The minimum absolute atomic E-state index is 0.0300. The van der Waals surface area contributed by atoms with Crippen molar-refractivity contribution in [3.63, 3.8) is 0 Å². The van der Waals surface area contributed by atoms with Crippen LogP contribution in [0.2, 0.25) is 0 Å². The molecule has 1 aliphatic carbocycles. The normalized spacial score (nSPS) is 23.2. The summed E-state index contributed by atoms with van der Waals surface area (Å²) in [6.45, 7) is 4.10. The molecule has 1 saturated carbocycles. The Morgan fingerprint density at radius 2 is 2.00 bits per heavy atom. The van der Waals surface area contributed by atoms with Crippen LogP contribution in [-0.2, 0) is 10.0 Å². The summed E-state index contributed by atoms with van der Waals surface area (Å²) in [5.74, 6) is 0.337. The second-order valence-electron chi connectivity index (χ2n) is 6.02. The second kappa shape index (κ2) is 6.32. The smallest absolute Gasteiger partial charge is 0.240 e. The first-order valence-electron chi connectivity index (χ1n) is 7.36. The van der Waals surface area contributed by atoms with Crippen LogP contribution in [0.5, 0.6) is 0 Å². The monoisotopic (exact) mass is 314 g/mol. The van der Waals surface area contributed by atoms with Gasteiger partial charge in [-0.1, -0.05) is 26.2 Å². The van der Waals surface area contributed by atoms with Crippen molar-refractivity contribution in [2.24, 2.45) is 11.8 Å². The first-order valence-corrected chi connectivity index (χ1v) is 8.85. The van der Waals surface area contributed by atoms with Crippen LogP contribution in [0, 0.1) is 24.6 Å². The Hall–Kier alpha value is -1.14. The molecule has 0 spiro atoms. The average molecular weight is 314 g/mol. The van der Waals surface area contributed by atoms with Gasteiger partial charge in [0.25, 0.3) is 0 Å². The highest BCUT2D eigenvalue weighted by atomic mass is 32.2. The Labute approximate surface area is 126 Å². The lowest BCUT2D eigenvalue weighted by molar-refractivity contribution is 0.257. The fourth-order valence-corrected chi connectivity index (χ4v) is 4.13. The number of aryl methyl sites for hydroxylation is 1. The van der Waals surface area contributed by atoms with Gasteiger partial charge in [-0.3, -0.25) is 0 Å². The molecular weight excluding hydrogens is 291 g/mol. The van der Waals surface area contributed by atoms with E-state index in [1.54, 1.807) is 0 Å². The van der Waals surface area contributed by atoms with Gasteiger partial charge < -0.3 is 5.73 Å². The topological polar surface area (TPSA) is 72.2 Å². The van der Waals surface area contributed by atoms with E-state index in [0.717, 1.165) is 19.3 Å². The van der Waals surface area contributed by atoms with Crippen LogP contribution in [-0.4, -0.2) is 15.0 Å². The van der Waals surface area contributed by atoms with Gasteiger partial charge in [-0.05, 0) is 42.9 Å². The number of nitrogens with two attached hydrogens (primary N) is 1. The zero-order valence-electron chi connectivity index (χ0n) is 12.5. The van der Waals surface area contributed by atoms with Gasteiger partial charge >= 0.3 is 0 Å². The summed E-state index contributed by atoms with van der Waals surface area (Å²) in [6, 6.07) is 2.49. The molecule has 1 aliphatic rings. The Bertz CT molecular complexity index is 593. The van der Waals surface area contributed by atoms with Crippen molar-refractivity contribution in [2.75, 3.05) is 12.3 Å². The molecule has 1 fully saturated rings. The molecule has 21 heavy (non-hydrogen) atoms. The van der Waals surface area contributed by atoms with Gasteiger partial charge in [0.05, 0.1) is 10.6 Å². The van der Waals surface area contributed by atoms with Crippen LogP contribution < -0.4 is 10.5 Å². The predicted molar refractivity (Wildman–Crippen MR) is 81.9 cm³/mol. The van der Waals surface area contributed by atoms with Crippen molar-refractivity contribution < 1.29 is 12.8 Å². The van der Waals surface area contributed by atoms with E-state index in [4.69, 9.17) is 5.73 Å². The van der Waals surface area contributed by atoms with E-state index < -0.39 is 15.8 Å². The number of rotatable bonds is 4. The lowest BCUT2D eigenvalue weighted by atomic mass is 9.81. The van der Waals surface area contributed by atoms with E-state index >= 15 is 0 Å². The van der Waals surface area contributed by atoms with Crippen LogP contribution in [0.1, 0.15) is 38.2 Å². The number of hydrogen-bond acceptors (Lipinski definition) is 3. The molecule has 0 aromatic heterocycles. The van der Waals surface area contributed by atoms with Crippen LogP contribution in [0.4, 0.5) is 10.1 Å². The SMILES string of the molecule is Cc1cc(S(=O)(=O)NCC2CCCCC2C)cc(N)c1F. The molecule has 1 aromatic rings.